The highest BCUT2D eigenvalue weighted by Gasteiger charge is 2.20. The van der Waals surface area contributed by atoms with Crippen molar-refractivity contribution in [1.29, 1.82) is 0 Å². The summed E-state index contributed by atoms with van der Waals surface area (Å²) in [5.74, 6) is -5.03. The fourth-order valence-corrected chi connectivity index (χ4v) is 4.09. The summed E-state index contributed by atoms with van der Waals surface area (Å²) in [5, 5.41) is 12.4. The van der Waals surface area contributed by atoms with E-state index < -0.39 is 40.8 Å². The first kappa shape index (κ1) is 29.1. The van der Waals surface area contributed by atoms with E-state index in [1.54, 1.807) is 24.3 Å². The fraction of sp³-hybridized carbons (Fsp3) is 0.194. The second-order valence-electron chi connectivity index (χ2n) is 9.28. The lowest BCUT2D eigenvalue weighted by atomic mass is 10.0. The van der Waals surface area contributed by atoms with E-state index in [-0.39, 0.29) is 12.1 Å². The third kappa shape index (κ3) is 7.42. The van der Waals surface area contributed by atoms with E-state index in [2.05, 4.69) is 10.3 Å². The molecule has 3 aromatic carbocycles. The van der Waals surface area contributed by atoms with E-state index in [1.807, 2.05) is 37.3 Å². The Balaban J connectivity index is 1.32. The maximum atomic E-state index is 13.9. The molecular formula is C31H27F3N2O5. The van der Waals surface area contributed by atoms with Gasteiger partial charge in [0.25, 0.3) is 0 Å². The number of aliphatic carboxylic acids is 1. The number of nitrogens with one attached hydrogen (secondary N) is 1. The van der Waals surface area contributed by atoms with Crippen LogP contribution < -0.4 is 10.1 Å². The zero-order valence-electron chi connectivity index (χ0n) is 22.3. The molecule has 0 radical (unpaired) electrons. The number of rotatable bonds is 12. The quantitative estimate of drug-likeness (QED) is 0.123. The van der Waals surface area contributed by atoms with E-state index >= 15 is 0 Å². The van der Waals surface area contributed by atoms with Crippen molar-refractivity contribution in [3.63, 3.8) is 0 Å². The number of carbonyl (C=O) groups excluding carboxylic acids is 1. The van der Waals surface area contributed by atoms with Crippen molar-refractivity contribution in [2.45, 2.75) is 32.7 Å². The lowest BCUT2D eigenvalue weighted by Gasteiger charge is -2.16. The number of nitrogens with zero attached hydrogens (tertiary/aromatic N) is 1. The van der Waals surface area contributed by atoms with Gasteiger partial charge in [-0.05, 0) is 55.8 Å². The Labute approximate surface area is 234 Å². The SMILES string of the molecule is C/C(=C\C(=O)c1ccc(F)c(F)c1F)N[C@@H](Cc1ccc(OCCc2nc(-c3ccccc3)oc2C)cc1)C(=O)O. The number of ketones is 1. The van der Waals surface area contributed by atoms with Crippen LogP contribution in [0.25, 0.3) is 11.5 Å². The predicted molar refractivity (Wildman–Crippen MR) is 145 cm³/mol. The smallest absolute Gasteiger partial charge is 0.326 e. The Morgan fingerprint density at radius 3 is 2.41 bits per heavy atom. The molecule has 1 aromatic heterocycles. The van der Waals surface area contributed by atoms with Crippen molar-refractivity contribution in [2.24, 2.45) is 0 Å². The van der Waals surface area contributed by atoms with Gasteiger partial charge in [0.1, 0.15) is 17.6 Å². The number of aryl methyl sites for hydroxylation is 1. The van der Waals surface area contributed by atoms with Gasteiger partial charge in [0, 0.05) is 30.2 Å². The maximum Gasteiger partial charge on any atom is 0.326 e. The fourth-order valence-electron chi connectivity index (χ4n) is 4.09. The summed E-state index contributed by atoms with van der Waals surface area (Å²) in [6, 6.07) is 16.8. The third-order valence-corrected chi connectivity index (χ3v) is 6.23. The summed E-state index contributed by atoms with van der Waals surface area (Å²) in [4.78, 5) is 28.7. The van der Waals surface area contributed by atoms with Crippen molar-refractivity contribution in [2.75, 3.05) is 6.61 Å². The average molecular weight is 565 g/mol. The van der Waals surface area contributed by atoms with E-state index in [4.69, 9.17) is 9.15 Å². The van der Waals surface area contributed by atoms with Gasteiger partial charge < -0.3 is 19.6 Å². The van der Waals surface area contributed by atoms with Gasteiger partial charge in [-0.3, -0.25) is 4.79 Å². The summed E-state index contributed by atoms with van der Waals surface area (Å²) in [6.45, 7) is 3.63. The molecule has 0 aliphatic carbocycles. The Bertz CT molecular complexity index is 1570. The van der Waals surface area contributed by atoms with E-state index in [9.17, 15) is 27.9 Å². The minimum Gasteiger partial charge on any atom is -0.493 e. The molecule has 1 heterocycles. The van der Waals surface area contributed by atoms with Gasteiger partial charge in [-0.1, -0.05) is 30.3 Å². The number of hydrogen-bond acceptors (Lipinski definition) is 6. The van der Waals surface area contributed by atoms with Gasteiger partial charge in [-0.25, -0.2) is 22.9 Å². The number of ether oxygens (including phenoxy) is 1. The lowest BCUT2D eigenvalue weighted by molar-refractivity contribution is -0.139. The minimum atomic E-state index is -1.75. The number of carbonyl (C=O) groups is 2. The highest BCUT2D eigenvalue weighted by atomic mass is 19.2. The Morgan fingerprint density at radius 2 is 1.73 bits per heavy atom. The third-order valence-electron chi connectivity index (χ3n) is 6.23. The molecule has 10 heteroatoms. The second-order valence-corrected chi connectivity index (χ2v) is 9.28. The van der Waals surface area contributed by atoms with Crippen molar-refractivity contribution >= 4 is 11.8 Å². The molecule has 41 heavy (non-hydrogen) atoms. The highest BCUT2D eigenvalue weighted by Crippen LogP contribution is 2.22. The molecule has 4 aromatic rings. The van der Waals surface area contributed by atoms with Crippen LogP contribution in [0.5, 0.6) is 5.75 Å². The molecular weight excluding hydrogens is 537 g/mol. The van der Waals surface area contributed by atoms with E-state index in [1.165, 1.54) is 6.92 Å². The van der Waals surface area contributed by atoms with Crippen LogP contribution in [0.1, 0.15) is 34.3 Å². The molecule has 0 aliphatic rings. The standard InChI is InChI=1S/C31H27F3N2O5/c1-18(16-27(37)23-12-13-24(32)29(34)28(23)33)35-26(31(38)39)17-20-8-10-22(11-9-20)40-15-14-25-19(2)41-30(36-25)21-6-4-3-5-7-21/h3-13,16,26,35H,14-15,17H2,1-2H3,(H,38,39)/b18-16+/t26-/m0/s1. The molecule has 0 unspecified atom stereocenters. The van der Waals surface area contributed by atoms with Gasteiger partial charge in [0.2, 0.25) is 5.89 Å². The number of carboxylic acid groups (broad SMARTS) is 1. The first-order chi connectivity index (χ1) is 19.6. The number of halogens is 3. The monoisotopic (exact) mass is 564 g/mol. The summed E-state index contributed by atoms with van der Waals surface area (Å²) in [7, 11) is 0. The first-order valence-corrected chi connectivity index (χ1v) is 12.7. The van der Waals surface area contributed by atoms with Crippen LogP contribution in [0.15, 0.2) is 82.9 Å². The van der Waals surface area contributed by atoms with Crippen LogP contribution in [-0.2, 0) is 17.6 Å². The Kier molecular flexibility index (Phi) is 9.23. The van der Waals surface area contributed by atoms with E-state index in [0.29, 0.717) is 36.3 Å². The van der Waals surface area contributed by atoms with Crippen LogP contribution in [0.3, 0.4) is 0 Å². The topological polar surface area (TPSA) is 102 Å². The predicted octanol–water partition coefficient (Wildman–Crippen LogP) is 6.06. The van der Waals surface area contributed by atoms with E-state index in [0.717, 1.165) is 29.2 Å². The zero-order valence-corrected chi connectivity index (χ0v) is 22.3. The number of carboxylic acids is 1. The number of aromatic nitrogens is 1. The van der Waals surface area contributed by atoms with Gasteiger partial charge in [0.15, 0.2) is 23.2 Å². The van der Waals surface area contributed by atoms with Crippen molar-refractivity contribution in [1.82, 2.24) is 10.3 Å². The van der Waals surface area contributed by atoms with Gasteiger partial charge in [-0.2, -0.15) is 0 Å². The van der Waals surface area contributed by atoms with Gasteiger partial charge in [-0.15, -0.1) is 0 Å². The molecule has 1 atom stereocenters. The number of allylic oxidation sites excluding steroid dienone is 2. The van der Waals surface area contributed by atoms with Gasteiger partial charge in [0.05, 0.1) is 17.9 Å². The summed E-state index contributed by atoms with van der Waals surface area (Å²) < 4.78 is 52.1. The number of oxazole rings is 1. The minimum absolute atomic E-state index is 0.0644. The molecule has 0 fully saturated rings. The number of hydrogen-bond donors (Lipinski definition) is 2. The van der Waals surface area contributed by atoms with Crippen LogP contribution in [0, 0.1) is 24.4 Å². The van der Waals surface area contributed by atoms with Gasteiger partial charge >= 0.3 is 5.97 Å². The molecule has 0 saturated heterocycles. The highest BCUT2D eigenvalue weighted by molar-refractivity contribution is 6.05. The molecule has 0 bridgehead atoms. The molecule has 2 N–H and O–H groups in total. The molecule has 0 aliphatic heterocycles. The molecule has 0 spiro atoms. The molecule has 0 saturated carbocycles. The van der Waals surface area contributed by atoms with Crippen LogP contribution >= 0.6 is 0 Å². The molecule has 7 nitrogen and oxygen atoms in total. The summed E-state index contributed by atoms with van der Waals surface area (Å²) >= 11 is 0. The Hall–Kier alpha value is -4.86. The first-order valence-electron chi connectivity index (χ1n) is 12.7. The number of benzene rings is 3. The largest absolute Gasteiger partial charge is 0.493 e. The maximum absolute atomic E-state index is 13.9. The average Bonchev–Trinajstić information content (AvgIpc) is 3.32. The van der Waals surface area contributed by atoms with Crippen molar-refractivity contribution in [3.8, 4) is 17.2 Å². The van der Waals surface area contributed by atoms with Crippen LogP contribution in [0.2, 0.25) is 0 Å². The van der Waals surface area contributed by atoms with Crippen LogP contribution in [0.4, 0.5) is 13.2 Å². The summed E-state index contributed by atoms with van der Waals surface area (Å²) in [5.41, 5.74) is 1.82. The van der Waals surface area contributed by atoms with Crippen LogP contribution in [-0.4, -0.2) is 34.5 Å². The summed E-state index contributed by atoms with van der Waals surface area (Å²) in [6.07, 6.45) is 1.53. The zero-order chi connectivity index (χ0) is 29.5. The second kappa shape index (κ2) is 13.0. The molecule has 4 rings (SSSR count). The molecule has 0 amide bonds. The normalized spacial score (nSPS) is 12.2. The Morgan fingerprint density at radius 1 is 1.02 bits per heavy atom. The van der Waals surface area contributed by atoms with Crippen molar-refractivity contribution in [3.05, 3.63) is 119 Å². The van der Waals surface area contributed by atoms with Crippen molar-refractivity contribution < 1.29 is 37.0 Å². The molecule has 212 valence electrons. The lowest BCUT2D eigenvalue weighted by Crippen LogP contribution is -2.37.